The molecular formula is C6H3Cl4NS. The van der Waals surface area contributed by atoms with Crippen LogP contribution in [-0.4, -0.2) is 0 Å². The standard InChI is InChI=1S/C6H3Cl4NS/c7-4-1-2-6(5(8)3-4)11-12(9)10/h1-3H. The van der Waals surface area contributed by atoms with E-state index >= 15 is 0 Å². The molecule has 0 spiro atoms. The number of benzene rings is 1. The van der Waals surface area contributed by atoms with Crippen molar-refractivity contribution in [2.75, 3.05) is 0 Å². The first-order valence-corrected chi connectivity index (χ1v) is 6.42. The predicted octanol–water partition coefficient (Wildman–Crippen LogP) is 4.73. The van der Waals surface area contributed by atoms with Gasteiger partial charge in [-0.3, -0.25) is 0 Å². The van der Waals surface area contributed by atoms with Crippen LogP contribution in [0.4, 0.5) is 5.69 Å². The van der Waals surface area contributed by atoms with Crippen LogP contribution >= 0.6 is 44.6 Å². The quantitative estimate of drug-likeness (QED) is 0.694. The molecule has 0 bridgehead atoms. The maximum Gasteiger partial charge on any atom is 0.0920 e. The molecule has 0 saturated heterocycles. The van der Waals surface area contributed by atoms with Gasteiger partial charge in [-0.05, 0) is 39.6 Å². The Morgan fingerprint density at radius 1 is 1.17 bits per heavy atom. The van der Waals surface area contributed by atoms with E-state index in [-0.39, 0.29) is 0 Å². The summed E-state index contributed by atoms with van der Waals surface area (Å²) in [4.78, 5) is 0. The lowest BCUT2D eigenvalue weighted by atomic mass is 10.3. The third-order valence-electron chi connectivity index (χ3n) is 1.08. The molecule has 1 rings (SSSR count). The molecule has 66 valence electrons. The minimum absolute atomic E-state index is 0.446. The summed E-state index contributed by atoms with van der Waals surface area (Å²) < 4.78 is 3.87. The molecule has 6 heteroatoms. The SMILES string of the molecule is Clc1ccc(N=S(Cl)Cl)c(Cl)c1. The maximum atomic E-state index is 5.78. The molecule has 12 heavy (non-hydrogen) atoms. The summed E-state index contributed by atoms with van der Waals surface area (Å²) >= 11 is 11.4. The summed E-state index contributed by atoms with van der Waals surface area (Å²) in [5.74, 6) is 0. The number of rotatable bonds is 1. The Balaban J connectivity index is 3.10. The lowest BCUT2D eigenvalue weighted by Gasteiger charge is -1.97. The van der Waals surface area contributed by atoms with Crippen LogP contribution in [0.5, 0.6) is 0 Å². The lowest BCUT2D eigenvalue weighted by Crippen LogP contribution is -1.69. The first kappa shape index (κ1) is 10.6. The number of halogens is 4. The molecule has 1 aromatic carbocycles. The molecule has 0 unspecified atom stereocenters. The molecule has 0 heterocycles. The van der Waals surface area contributed by atoms with Gasteiger partial charge in [0.15, 0.2) is 0 Å². The van der Waals surface area contributed by atoms with Crippen molar-refractivity contribution in [3.8, 4) is 0 Å². The van der Waals surface area contributed by atoms with Crippen LogP contribution < -0.4 is 0 Å². The number of hydrogen-bond donors (Lipinski definition) is 0. The Morgan fingerprint density at radius 2 is 1.83 bits per heavy atom. The largest absolute Gasteiger partial charge is 0.196 e. The van der Waals surface area contributed by atoms with Crippen LogP contribution in [0.25, 0.3) is 0 Å². The van der Waals surface area contributed by atoms with Gasteiger partial charge in [0.1, 0.15) is 0 Å². The second-order valence-electron chi connectivity index (χ2n) is 1.88. The molecular weight excluding hydrogens is 260 g/mol. The van der Waals surface area contributed by atoms with E-state index in [1.54, 1.807) is 18.2 Å². The van der Waals surface area contributed by atoms with Crippen LogP contribution in [-0.2, 0) is 9.12 Å². The van der Waals surface area contributed by atoms with Crippen molar-refractivity contribution >= 4 is 59.4 Å². The van der Waals surface area contributed by atoms with Gasteiger partial charge in [0.25, 0.3) is 0 Å². The number of hydrogen-bond acceptors (Lipinski definition) is 1. The van der Waals surface area contributed by atoms with Crippen molar-refractivity contribution in [3.63, 3.8) is 0 Å². The average molecular weight is 263 g/mol. The van der Waals surface area contributed by atoms with Gasteiger partial charge in [0.2, 0.25) is 0 Å². The zero-order valence-electron chi connectivity index (χ0n) is 5.60. The molecule has 0 aromatic heterocycles. The van der Waals surface area contributed by atoms with E-state index in [0.717, 1.165) is 0 Å². The molecule has 1 nitrogen and oxygen atoms in total. The highest BCUT2D eigenvalue weighted by atomic mass is 36.0. The van der Waals surface area contributed by atoms with Gasteiger partial charge in [-0.15, -0.1) is 0 Å². The van der Waals surface area contributed by atoms with E-state index in [4.69, 9.17) is 44.6 Å². The molecule has 0 N–H and O–H groups in total. The molecule has 0 aliphatic heterocycles. The average Bonchev–Trinajstić information content (AvgIpc) is 1.94. The van der Waals surface area contributed by atoms with Crippen LogP contribution in [0.1, 0.15) is 0 Å². The third-order valence-corrected chi connectivity index (χ3v) is 2.36. The maximum absolute atomic E-state index is 5.78. The monoisotopic (exact) mass is 261 g/mol. The summed E-state index contributed by atoms with van der Waals surface area (Å²) in [5, 5.41) is 1.00. The van der Waals surface area contributed by atoms with Crippen LogP contribution in [0.2, 0.25) is 10.0 Å². The molecule has 0 fully saturated rings. The van der Waals surface area contributed by atoms with Crippen LogP contribution in [0.15, 0.2) is 22.6 Å². The Hall–Kier alpha value is 0.530. The zero-order chi connectivity index (χ0) is 9.14. The van der Waals surface area contributed by atoms with Crippen molar-refractivity contribution in [3.05, 3.63) is 28.2 Å². The Morgan fingerprint density at radius 3 is 2.33 bits per heavy atom. The molecule has 0 aliphatic carbocycles. The zero-order valence-corrected chi connectivity index (χ0v) is 9.44. The first-order valence-electron chi connectivity index (χ1n) is 2.83. The molecule has 0 atom stereocenters. The normalized spacial score (nSPS) is 10.4. The summed E-state index contributed by atoms with van der Waals surface area (Å²) in [5.41, 5.74) is 0.550. The highest BCUT2D eigenvalue weighted by molar-refractivity contribution is 8.28. The van der Waals surface area contributed by atoms with Crippen molar-refractivity contribution in [1.29, 1.82) is 0 Å². The van der Waals surface area contributed by atoms with Gasteiger partial charge in [-0.2, -0.15) is 4.36 Å². The van der Waals surface area contributed by atoms with Crippen molar-refractivity contribution in [2.24, 2.45) is 4.36 Å². The van der Waals surface area contributed by atoms with Crippen LogP contribution in [0.3, 0.4) is 0 Å². The van der Waals surface area contributed by atoms with E-state index in [2.05, 4.69) is 4.36 Å². The van der Waals surface area contributed by atoms with E-state index in [1.807, 2.05) is 0 Å². The molecule has 0 amide bonds. The fraction of sp³-hybridized carbons (Fsp3) is 0. The Kier molecular flexibility index (Phi) is 4.14. The minimum Gasteiger partial charge on any atom is -0.196 e. The van der Waals surface area contributed by atoms with E-state index in [1.165, 1.54) is 0 Å². The lowest BCUT2D eigenvalue weighted by molar-refractivity contribution is 1.57. The van der Waals surface area contributed by atoms with Gasteiger partial charge in [0, 0.05) is 5.02 Å². The van der Waals surface area contributed by atoms with Gasteiger partial charge in [0.05, 0.1) is 19.8 Å². The fourth-order valence-corrected chi connectivity index (χ4v) is 1.88. The van der Waals surface area contributed by atoms with E-state index in [9.17, 15) is 0 Å². The Bertz CT molecular complexity index is 321. The topological polar surface area (TPSA) is 12.4 Å². The molecule has 0 saturated carbocycles. The van der Waals surface area contributed by atoms with Gasteiger partial charge in [-0.1, -0.05) is 23.2 Å². The van der Waals surface area contributed by atoms with Gasteiger partial charge < -0.3 is 0 Å². The second-order valence-corrected chi connectivity index (χ2v) is 5.53. The predicted molar refractivity (Wildman–Crippen MR) is 57.6 cm³/mol. The second kappa shape index (κ2) is 4.68. The molecule has 0 aliphatic rings. The summed E-state index contributed by atoms with van der Waals surface area (Å²) in [7, 11) is 9.88. The van der Waals surface area contributed by atoms with Crippen LogP contribution in [0, 0.1) is 0 Å². The van der Waals surface area contributed by atoms with Gasteiger partial charge in [-0.25, -0.2) is 0 Å². The fourth-order valence-electron chi connectivity index (χ4n) is 0.630. The first-order chi connectivity index (χ1) is 5.59. The van der Waals surface area contributed by atoms with E-state index < -0.39 is 9.12 Å². The summed E-state index contributed by atoms with van der Waals surface area (Å²) in [6, 6.07) is 4.92. The molecule has 0 radical (unpaired) electrons. The van der Waals surface area contributed by atoms with Gasteiger partial charge >= 0.3 is 0 Å². The highest BCUT2D eigenvalue weighted by Crippen LogP contribution is 2.29. The third kappa shape index (κ3) is 3.11. The smallest absolute Gasteiger partial charge is 0.0920 e. The number of nitrogens with zero attached hydrogens (tertiary/aromatic N) is 1. The minimum atomic E-state index is -1.04. The van der Waals surface area contributed by atoms with Crippen molar-refractivity contribution in [2.45, 2.75) is 0 Å². The summed E-state index contributed by atoms with van der Waals surface area (Å²) in [6.45, 7) is 0. The van der Waals surface area contributed by atoms with Crippen molar-refractivity contribution < 1.29 is 0 Å². The highest BCUT2D eigenvalue weighted by Gasteiger charge is 1.99. The van der Waals surface area contributed by atoms with E-state index in [0.29, 0.717) is 15.7 Å². The van der Waals surface area contributed by atoms with Crippen molar-refractivity contribution in [1.82, 2.24) is 0 Å². The summed E-state index contributed by atoms with van der Waals surface area (Å²) in [6.07, 6.45) is 0. The molecule has 1 aromatic rings. The Labute approximate surface area is 91.7 Å².